The number of amides is 1. The second kappa shape index (κ2) is 9.78. The number of benzene rings is 2. The second-order valence-corrected chi connectivity index (χ2v) is 6.77. The van der Waals surface area contributed by atoms with E-state index >= 15 is 0 Å². The zero-order chi connectivity index (χ0) is 19.8. The van der Waals surface area contributed by atoms with Gasteiger partial charge in [-0.05, 0) is 36.1 Å². The van der Waals surface area contributed by atoms with E-state index in [9.17, 15) is 9.59 Å². The summed E-state index contributed by atoms with van der Waals surface area (Å²) in [5.74, 6) is 0.606. The van der Waals surface area contributed by atoms with Crippen LogP contribution in [-0.4, -0.2) is 25.6 Å². The molecule has 28 heavy (non-hydrogen) atoms. The van der Waals surface area contributed by atoms with Gasteiger partial charge in [0.15, 0.2) is 18.1 Å². The molecular formula is C22H25NO5. The highest BCUT2D eigenvalue weighted by Crippen LogP contribution is 2.29. The van der Waals surface area contributed by atoms with Gasteiger partial charge in [-0.1, -0.05) is 42.8 Å². The van der Waals surface area contributed by atoms with Crippen LogP contribution in [0.1, 0.15) is 30.4 Å². The van der Waals surface area contributed by atoms with Gasteiger partial charge in [0.05, 0.1) is 13.0 Å². The second-order valence-electron chi connectivity index (χ2n) is 6.77. The molecule has 3 rings (SSSR count). The van der Waals surface area contributed by atoms with Crippen molar-refractivity contribution in [1.82, 2.24) is 5.32 Å². The molecule has 0 aromatic heterocycles. The lowest BCUT2D eigenvalue weighted by Gasteiger charge is -2.22. The summed E-state index contributed by atoms with van der Waals surface area (Å²) in [6.45, 7) is 0.513. The standard InChI is InChI=1S/C22H25NO5/c1-26-20-12-17(10-11-19(20)27-14-16-6-3-2-4-7-16)13-23-21(24)15-28-22(25)18-8-5-9-18/h2-4,6-7,10-12,18H,5,8-9,13-15H2,1H3,(H,23,24). The first-order chi connectivity index (χ1) is 13.7. The highest BCUT2D eigenvalue weighted by molar-refractivity contribution is 5.81. The number of methoxy groups -OCH3 is 1. The Bertz CT molecular complexity index is 802. The monoisotopic (exact) mass is 383 g/mol. The number of hydrogen-bond donors (Lipinski definition) is 1. The summed E-state index contributed by atoms with van der Waals surface area (Å²) >= 11 is 0. The normalized spacial score (nSPS) is 13.3. The number of ether oxygens (including phenoxy) is 3. The third-order valence-corrected chi connectivity index (χ3v) is 4.74. The summed E-state index contributed by atoms with van der Waals surface area (Å²) < 4.78 is 16.3. The van der Waals surface area contributed by atoms with Gasteiger partial charge in [0.2, 0.25) is 0 Å². The fraction of sp³-hybridized carbons (Fsp3) is 0.364. The largest absolute Gasteiger partial charge is 0.493 e. The predicted molar refractivity (Wildman–Crippen MR) is 104 cm³/mol. The molecule has 1 fully saturated rings. The molecule has 1 aliphatic rings. The molecule has 148 valence electrons. The van der Waals surface area contributed by atoms with Crippen LogP contribution in [0.25, 0.3) is 0 Å². The third kappa shape index (κ3) is 5.49. The number of nitrogens with one attached hydrogen (secondary N) is 1. The molecule has 0 atom stereocenters. The molecule has 0 saturated heterocycles. The van der Waals surface area contributed by atoms with E-state index in [0.717, 1.165) is 30.4 Å². The van der Waals surface area contributed by atoms with Gasteiger partial charge in [0.1, 0.15) is 6.61 Å². The van der Waals surface area contributed by atoms with Crippen LogP contribution in [0.4, 0.5) is 0 Å². The van der Waals surface area contributed by atoms with Crippen LogP contribution in [0.5, 0.6) is 11.5 Å². The van der Waals surface area contributed by atoms with Crippen molar-refractivity contribution in [1.29, 1.82) is 0 Å². The molecule has 0 spiro atoms. The van der Waals surface area contributed by atoms with E-state index in [-0.39, 0.29) is 24.4 Å². The molecule has 2 aromatic rings. The van der Waals surface area contributed by atoms with E-state index in [0.29, 0.717) is 24.7 Å². The summed E-state index contributed by atoms with van der Waals surface area (Å²) in [5, 5.41) is 2.75. The first kappa shape index (κ1) is 19.7. The van der Waals surface area contributed by atoms with Crippen molar-refractivity contribution in [2.75, 3.05) is 13.7 Å². The molecule has 0 aliphatic heterocycles. The molecule has 0 unspecified atom stereocenters. The van der Waals surface area contributed by atoms with Gasteiger partial charge in [-0.3, -0.25) is 9.59 Å². The van der Waals surface area contributed by atoms with Crippen LogP contribution < -0.4 is 14.8 Å². The highest BCUT2D eigenvalue weighted by Gasteiger charge is 2.27. The summed E-state index contributed by atoms with van der Waals surface area (Å²) in [6, 6.07) is 15.4. The van der Waals surface area contributed by atoms with Gasteiger partial charge in [0.25, 0.3) is 5.91 Å². The van der Waals surface area contributed by atoms with Crippen molar-refractivity contribution in [3.63, 3.8) is 0 Å². The average molecular weight is 383 g/mol. The van der Waals surface area contributed by atoms with E-state index in [1.54, 1.807) is 7.11 Å². The van der Waals surface area contributed by atoms with Crippen molar-refractivity contribution >= 4 is 11.9 Å². The number of hydrogen-bond acceptors (Lipinski definition) is 5. The van der Waals surface area contributed by atoms with Crippen LogP contribution in [-0.2, 0) is 27.5 Å². The fourth-order valence-electron chi connectivity index (χ4n) is 2.83. The van der Waals surface area contributed by atoms with Crippen LogP contribution in [0, 0.1) is 5.92 Å². The first-order valence-corrected chi connectivity index (χ1v) is 9.42. The van der Waals surface area contributed by atoms with Crippen LogP contribution in [0.3, 0.4) is 0 Å². The Labute approximate surface area is 164 Å². The van der Waals surface area contributed by atoms with Gasteiger partial charge in [-0.2, -0.15) is 0 Å². The lowest BCUT2D eigenvalue weighted by Crippen LogP contribution is -2.31. The van der Waals surface area contributed by atoms with Crippen LogP contribution in [0.15, 0.2) is 48.5 Å². The Hall–Kier alpha value is -3.02. The molecule has 6 nitrogen and oxygen atoms in total. The van der Waals surface area contributed by atoms with Gasteiger partial charge >= 0.3 is 5.97 Å². The Kier molecular flexibility index (Phi) is 6.89. The van der Waals surface area contributed by atoms with Crippen LogP contribution >= 0.6 is 0 Å². The molecule has 1 saturated carbocycles. The van der Waals surface area contributed by atoms with Gasteiger partial charge < -0.3 is 19.5 Å². The molecular weight excluding hydrogens is 358 g/mol. The lowest BCUT2D eigenvalue weighted by atomic mass is 9.86. The topological polar surface area (TPSA) is 73.9 Å². The number of esters is 1. The number of carbonyl (C=O) groups excluding carboxylic acids is 2. The van der Waals surface area contributed by atoms with E-state index in [2.05, 4.69) is 5.32 Å². The number of carbonyl (C=O) groups is 2. The molecule has 2 aromatic carbocycles. The van der Waals surface area contributed by atoms with E-state index in [4.69, 9.17) is 14.2 Å². The zero-order valence-corrected chi connectivity index (χ0v) is 16.0. The molecule has 0 radical (unpaired) electrons. The Morgan fingerprint density at radius 2 is 1.82 bits per heavy atom. The maximum absolute atomic E-state index is 11.9. The van der Waals surface area contributed by atoms with Crippen LogP contribution in [0.2, 0.25) is 0 Å². The van der Waals surface area contributed by atoms with E-state index in [1.807, 2.05) is 48.5 Å². The minimum atomic E-state index is -0.323. The van der Waals surface area contributed by atoms with Crippen molar-refractivity contribution < 1.29 is 23.8 Å². The molecule has 1 aliphatic carbocycles. The maximum Gasteiger partial charge on any atom is 0.309 e. The van der Waals surface area contributed by atoms with Gasteiger partial charge in [-0.15, -0.1) is 0 Å². The van der Waals surface area contributed by atoms with E-state index < -0.39 is 0 Å². The SMILES string of the molecule is COc1cc(CNC(=O)COC(=O)C2CCC2)ccc1OCc1ccccc1. The molecule has 6 heteroatoms. The van der Waals surface area contributed by atoms with Crippen molar-refractivity contribution in [3.05, 3.63) is 59.7 Å². The fourth-order valence-corrected chi connectivity index (χ4v) is 2.83. The van der Waals surface area contributed by atoms with Gasteiger partial charge in [0, 0.05) is 6.54 Å². The quantitative estimate of drug-likeness (QED) is 0.673. The number of rotatable bonds is 9. The maximum atomic E-state index is 11.9. The lowest BCUT2D eigenvalue weighted by molar-refractivity contribution is -0.155. The first-order valence-electron chi connectivity index (χ1n) is 9.42. The molecule has 1 amide bonds. The summed E-state index contributed by atoms with van der Waals surface area (Å²) in [6.07, 6.45) is 2.77. The Morgan fingerprint density at radius 1 is 1.04 bits per heavy atom. The average Bonchev–Trinajstić information content (AvgIpc) is 2.68. The van der Waals surface area contributed by atoms with Gasteiger partial charge in [-0.25, -0.2) is 0 Å². The van der Waals surface area contributed by atoms with E-state index in [1.165, 1.54) is 0 Å². The molecule has 1 N–H and O–H groups in total. The predicted octanol–water partition coefficient (Wildman–Crippen LogP) is 3.23. The summed E-state index contributed by atoms with van der Waals surface area (Å²) in [4.78, 5) is 23.5. The Morgan fingerprint density at radius 3 is 2.50 bits per heavy atom. The molecule has 0 heterocycles. The zero-order valence-electron chi connectivity index (χ0n) is 16.0. The van der Waals surface area contributed by atoms with Crippen molar-refractivity contribution in [2.24, 2.45) is 5.92 Å². The minimum absolute atomic E-state index is 0.0273. The highest BCUT2D eigenvalue weighted by atomic mass is 16.5. The summed E-state index contributed by atoms with van der Waals surface area (Å²) in [5.41, 5.74) is 1.93. The van der Waals surface area contributed by atoms with Crippen molar-refractivity contribution in [3.8, 4) is 11.5 Å². The minimum Gasteiger partial charge on any atom is -0.493 e. The molecule has 0 bridgehead atoms. The smallest absolute Gasteiger partial charge is 0.309 e. The Balaban J connectivity index is 1.47. The third-order valence-electron chi connectivity index (χ3n) is 4.74. The summed E-state index contributed by atoms with van der Waals surface area (Å²) in [7, 11) is 1.58. The van der Waals surface area contributed by atoms with Crippen molar-refractivity contribution in [2.45, 2.75) is 32.4 Å².